The molecule has 0 saturated carbocycles. The van der Waals surface area contributed by atoms with Crippen molar-refractivity contribution < 1.29 is 0 Å². The van der Waals surface area contributed by atoms with Gasteiger partial charge in [-0.3, -0.25) is 4.79 Å². The quantitative estimate of drug-likeness (QED) is 0.572. The topological polar surface area (TPSA) is 71.5 Å². The number of nitrogens with zero attached hydrogens (tertiary/aromatic N) is 3. The number of aromatic nitrogens is 4. The number of hydrogen-bond donors (Lipinski definition) is 1. The number of thioether (sulfide) groups is 1. The lowest BCUT2D eigenvalue weighted by Gasteiger charge is -2.09. The third-order valence-electron chi connectivity index (χ3n) is 4.17. The summed E-state index contributed by atoms with van der Waals surface area (Å²) in [5, 5.41) is 1.53. The third kappa shape index (κ3) is 2.98. The standard InChI is InChI=1S/C17H18N4OS2/c1-9-7-10(2)19-17(18-9)23-8-13-20-15(22)14-11-5-3-4-6-12(11)24-16(14)21-13/h7H,3-6,8H2,1-2H3,(H,20,21,22). The van der Waals surface area contributed by atoms with E-state index in [1.165, 1.54) is 35.0 Å². The highest BCUT2D eigenvalue weighted by atomic mass is 32.2. The van der Waals surface area contributed by atoms with Crippen molar-refractivity contribution >= 4 is 33.3 Å². The molecule has 0 unspecified atom stereocenters. The predicted molar refractivity (Wildman–Crippen MR) is 97.9 cm³/mol. The van der Waals surface area contributed by atoms with Gasteiger partial charge in [0.1, 0.15) is 10.7 Å². The molecule has 0 aliphatic heterocycles. The van der Waals surface area contributed by atoms with Gasteiger partial charge in [-0.15, -0.1) is 11.3 Å². The summed E-state index contributed by atoms with van der Waals surface area (Å²) < 4.78 is 0. The fraction of sp³-hybridized carbons (Fsp3) is 0.412. The van der Waals surface area contributed by atoms with Crippen molar-refractivity contribution in [2.24, 2.45) is 0 Å². The molecule has 3 heterocycles. The van der Waals surface area contributed by atoms with Gasteiger partial charge < -0.3 is 4.98 Å². The zero-order valence-electron chi connectivity index (χ0n) is 13.7. The van der Waals surface area contributed by atoms with Gasteiger partial charge in [0.15, 0.2) is 5.16 Å². The van der Waals surface area contributed by atoms with E-state index in [0.29, 0.717) is 11.6 Å². The minimum absolute atomic E-state index is 0.00339. The minimum atomic E-state index is -0.00339. The Labute approximate surface area is 148 Å². The van der Waals surface area contributed by atoms with Crippen LogP contribution in [-0.2, 0) is 18.6 Å². The molecule has 0 aromatic carbocycles. The van der Waals surface area contributed by atoms with Crippen LogP contribution >= 0.6 is 23.1 Å². The number of aryl methyl sites for hydroxylation is 4. The smallest absolute Gasteiger partial charge is 0.259 e. The maximum atomic E-state index is 12.5. The van der Waals surface area contributed by atoms with Crippen molar-refractivity contribution in [3.63, 3.8) is 0 Å². The summed E-state index contributed by atoms with van der Waals surface area (Å²) in [5.74, 6) is 1.26. The Morgan fingerprint density at radius 1 is 1.17 bits per heavy atom. The van der Waals surface area contributed by atoms with E-state index in [1.807, 2.05) is 19.9 Å². The summed E-state index contributed by atoms with van der Waals surface area (Å²) in [6, 6.07) is 1.95. The van der Waals surface area contributed by atoms with Crippen molar-refractivity contribution in [3.05, 3.63) is 44.1 Å². The summed E-state index contributed by atoms with van der Waals surface area (Å²) >= 11 is 3.19. The van der Waals surface area contributed by atoms with Crippen LogP contribution in [0.4, 0.5) is 0 Å². The molecule has 0 bridgehead atoms. The van der Waals surface area contributed by atoms with Crippen LogP contribution in [0.25, 0.3) is 10.2 Å². The zero-order valence-corrected chi connectivity index (χ0v) is 15.3. The van der Waals surface area contributed by atoms with Gasteiger partial charge in [-0.05, 0) is 51.2 Å². The lowest BCUT2D eigenvalue weighted by Crippen LogP contribution is -2.12. The van der Waals surface area contributed by atoms with E-state index in [9.17, 15) is 4.79 Å². The van der Waals surface area contributed by atoms with Crippen LogP contribution in [-0.4, -0.2) is 19.9 Å². The van der Waals surface area contributed by atoms with Gasteiger partial charge in [-0.2, -0.15) is 0 Å². The Morgan fingerprint density at radius 2 is 1.92 bits per heavy atom. The fourth-order valence-corrected chi connectivity index (χ4v) is 5.27. The normalized spacial score (nSPS) is 14.1. The van der Waals surface area contributed by atoms with E-state index in [0.717, 1.165) is 39.6 Å². The lowest BCUT2D eigenvalue weighted by atomic mass is 9.97. The van der Waals surface area contributed by atoms with Gasteiger partial charge in [0.2, 0.25) is 0 Å². The molecule has 1 N–H and O–H groups in total. The van der Waals surface area contributed by atoms with Gasteiger partial charge in [0, 0.05) is 16.3 Å². The Hall–Kier alpha value is -1.73. The molecule has 0 amide bonds. The number of nitrogens with one attached hydrogen (secondary N) is 1. The molecule has 0 saturated heterocycles. The first kappa shape index (κ1) is 15.8. The van der Waals surface area contributed by atoms with Gasteiger partial charge in [-0.25, -0.2) is 15.0 Å². The SMILES string of the molecule is Cc1cc(C)nc(SCc2nc3sc4c(c3c(=O)[nH]2)CCCC4)n1. The fourth-order valence-electron chi connectivity index (χ4n) is 3.17. The van der Waals surface area contributed by atoms with E-state index in [1.54, 1.807) is 11.3 Å². The van der Waals surface area contributed by atoms with E-state index in [2.05, 4.69) is 19.9 Å². The van der Waals surface area contributed by atoms with Crippen molar-refractivity contribution in [3.8, 4) is 0 Å². The maximum absolute atomic E-state index is 12.5. The molecule has 4 rings (SSSR count). The first-order valence-electron chi connectivity index (χ1n) is 8.08. The van der Waals surface area contributed by atoms with Crippen LogP contribution < -0.4 is 5.56 Å². The Bertz CT molecular complexity index is 956. The van der Waals surface area contributed by atoms with Crippen LogP contribution in [0, 0.1) is 13.8 Å². The molecule has 3 aromatic rings. The highest BCUT2D eigenvalue weighted by Crippen LogP contribution is 2.33. The second-order valence-electron chi connectivity index (χ2n) is 6.13. The first-order chi connectivity index (χ1) is 11.6. The van der Waals surface area contributed by atoms with E-state index >= 15 is 0 Å². The predicted octanol–water partition coefficient (Wildman–Crippen LogP) is 3.56. The van der Waals surface area contributed by atoms with Crippen molar-refractivity contribution in [2.75, 3.05) is 0 Å². The van der Waals surface area contributed by atoms with Crippen molar-refractivity contribution in [1.82, 2.24) is 19.9 Å². The first-order valence-corrected chi connectivity index (χ1v) is 9.89. The number of aromatic amines is 1. The molecule has 0 radical (unpaired) electrons. The number of H-pyrrole nitrogens is 1. The molecule has 0 atom stereocenters. The molecule has 3 aromatic heterocycles. The Kier molecular flexibility index (Phi) is 4.14. The Morgan fingerprint density at radius 3 is 2.71 bits per heavy atom. The zero-order chi connectivity index (χ0) is 16.7. The van der Waals surface area contributed by atoms with Crippen molar-refractivity contribution in [1.29, 1.82) is 0 Å². The largest absolute Gasteiger partial charge is 0.309 e. The lowest BCUT2D eigenvalue weighted by molar-refractivity contribution is 0.700. The Balaban J connectivity index is 1.64. The van der Waals surface area contributed by atoms with Crippen LogP contribution in [0.15, 0.2) is 16.0 Å². The molecule has 0 fully saturated rings. The number of rotatable bonds is 3. The summed E-state index contributed by atoms with van der Waals surface area (Å²) in [7, 11) is 0. The molecular weight excluding hydrogens is 340 g/mol. The van der Waals surface area contributed by atoms with Crippen LogP contribution in [0.5, 0.6) is 0 Å². The van der Waals surface area contributed by atoms with Gasteiger partial charge in [-0.1, -0.05) is 11.8 Å². The second kappa shape index (κ2) is 6.29. The van der Waals surface area contributed by atoms with Crippen LogP contribution in [0.3, 0.4) is 0 Å². The molecule has 0 spiro atoms. The number of fused-ring (bicyclic) bond motifs is 3. The summed E-state index contributed by atoms with van der Waals surface area (Å²) in [6.07, 6.45) is 4.46. The monoisotopic (exact) mass is 358 g/mol. The molecule has 24 heavy (non-hydrogen) atoms. The average molecular weight is 358 g/mol. The summed E-state index contributed by atoms with van der Waals surface area (Å²) in [6.45, 7) is 3.92. The van der Waals surface area contributed by atoms with E-state index in [-0.39, 0.29) is 5.56 Å². The second-order valence-corrected chi connectivity index (χ2v) is 8.15. The van der Waals surface area contributed by atoms with Gasteiger partial charge in [0.05, 0.1) is 11.1 Å². The molecular formula is C17H18N4OS2. The highest BCUT2D eigenvalue weighted by Gasteiger charge is 2.19. The minimum Gasteiger partial charge on any atom is -0.309 e. The highest BCUT2D eigenvalue weighted by molar-refractivity contribution is 7.98. The van der Waals surface area contributed by atoms with Gasteiger partial charge >= 0.3 is 0 Å². The third-order valence-corrected chi connectivity index (χ3v) is 6.22. The molecule has 124 valence electrons. The molecule has 1 aliphatic rings. The molecule has 5 nitrogen and oxygen atoms in total. The van der Waals surface area contributed by atoms with Gasteiger partial charge in [0.25, 0.3) is 5.56 Å². The summed E-state index contributed by atoms with van der Waals surface area (Å²) in [5.41, 5.74) is 3.13. The summed E-state index contributed by atoms with van der Waals surface area (Å²) in [4.78, 5) is 31.2. The van der Waals surface area contributed by atoms with Crippen LogP contribution in [0.2, 0.25) is 0 Å². The number of hydrogen-bond acceptors (Lipinski definition) is 6. The average Bonchev–Trinajstić information content (AvgIpc) is 2.91. The van der Waals surface area contributed by atoms with E-state index in [4.69, 9.17) is 0 Å². The van der Waals surface area contributed by atoms with Crippen molar-refractivity contribution in [2.45, 2.75) is 50.4 Å². The number of thiophene rings is 1. The van der Waals surface area contributed by atoms with Crippen LogP contribution in [0.1, 0.15) is 40.5 Å². The maximum Gasteiger partial charge on any atom is 0.259 e. The molecule has 1 aliphatic carbocycles. The molecule has 7 heteroatoms. The van der Waals surface area contributed by atoms with E-state index < -0.39 is 0 Å².